The summed E-state index contributed by atoms with van der Waals surface area (Å²) in [6.07, 6.45) is 1.26. The van der Waals surface area contributed by atoms with Crippen molar-refractivity contribution in [3.63, 3.8) is 0 Å². The van der Waals surface area contributed by atoms with Crippen molar-refractivity contribution in [1.82, 2.24) is 5.32 Å². The number of anilines is 1. The van der Waals surface area contributed by atoms with Crippen LogP contribution in [0.3, 0.4) is 0 Å². The molecule has 19 heavy (non-hydrogen) atoms. The number of aryl methyl sites for hydroxylation is 1. The first-order chi connectivity index (χ1) is 9.02. The highest BCUT2D eigenvalue weighted by Gasteiger charge is 2.24. The summed E-state index contributed by atoms with van der Waals surface area (Å²) in [6.45, 7) is 10.3. The van der Waals surface area contributed by atoms with Crippen LogP contribution in [0.5, 0.6) is 0 Å². The van der Waals surface area contributed by atoms with Crippen LogP contribution >= 0.6 is 11.8 Å². The van der Waals surface area contributed by atoms with E-state index in [1.807, 2.05) is 7.05 Å². The average Bonchev–Trinajstić information content (AvgIpc) is 2.51. The van der Waals surface area contributed by atoms with E-state index in [1.165, 1.54) is 42.1 Å². The van der Waals surface area contributed by atoms with Gasteiger partial charge in [0.2, 0.25) is 0 Å². The van der Waals surface area contributed by atoms with Crippen molar-refractivity contribution in [2.24, 2.45) is 0 Å². The van der Waals surface area contributed by atoms with Gasteiger partial charge in [0.1, 0.15) is 0 Å². The second-order valence-corrected chi connectivity index (χ2v) is 7.80. The van der Waals surface area contributed by atoms with Gasteiger partial charge in [-0.2, -0.15) is 11.8 Å². The Balaban J connectivity index is 2.13. The molecule has 2 nitrogen and oxygen atoms in total. The van der Waals surface area contributed by atoms with Crippen molar-refractivity contribution >= 4 is 17.4 Å². The zero-order valence-corrected chi connectivity index (χ0v) is 13.4. The van der Waals surface area contributed by atoms with Crippen molar-refractivity contribution in [1.29, 1.82) is 0 Å². The van der Waals surface area contributed by atoms with E-state index in [2.05, 4.69) is 60.9 Å². The van der Waals surface area contributed by atoms with Gasteiger partial charge in [-0.3, -0.25) is 0 Å². The molecule has 0 radical (unpaired) electrons. The van der Waals surface area contributed by atoms with Crippen LogP contribution < -0.4 is 10.2 Å². The molecule has 0 amide bonds. The molecular formula is C16H26N2S. The molecule has 106 valence electrons. The van der Waals surface area contributed by atoms with Crippen molar-refractivity contribution in [3.05, 3.63) is 29.3 Å². The van der Waals surface area contributed by atoms with Gasteiger partial charge < -0.3 is 10.2 Å². The summed E-state index contributed by atoms with van der Waals surface area (Å²) in [7, 11) is 2.00. The Labute approximate surface area is 122 Å². The molecule has 0 atom stereocenters. The van der Waals surface area contributed by atoms with Gasteiger partial charge >= 0.3 is 0 Å². The summed E-state index contributed by atoms with van der Waals surface area (Å²) in [5.74, 6) is 1.23. The number of nitrogens with one attached hydrogen (secondary N) is 1. The number of hydrogen-bond acceptors (Lipinski definition) is 3. The summed E-state index contributed by atoms with van der Waals surface area (Å²) in [4.78, 5) is 2.56. The Morgan fingerprint density at radius 2 is 2.11 bits per heavy atom. The van der Waals surface area contributed by atoms with E-state index in [0.717, 1.165) is 6.54 Å². The largest absolute Gasteiger partial charge is 0.370 e. The molecule has 1 aliphatic heterocycles. The van der Waals surface area contributed by atoms with Gasteiger partial charge in [0.05, 0.1) is 0 Å². The summed E-state index contributed by atoms with van der Waals surface area (Å²) in [6, 6.07) is 6.86. The minimum absolute atomic E-state index is 0.425. The molecule has 1 aliphatic rings. The van der Waals surface area contributed by atoms with E-state index in [9.17, 15) is 0 Å². The molecular weight excluding hydrogens is 252 g/mol. The topological polar surface area (TPSA) is 15.3 Å². The van der Waals surface area contributed by atoms with Crippen molar-refractivity contribution in [2.45, 2.75) is 38.5 Å². The van der Waals surface area contributed by atoms with E-state index in [1.54, 1.807) is 0 Å². The first-order valence-electron chi connectivity index (χ1n) is 7.15. The van der Waals surface area contributed by atoms with Gasteiger partial charge in [-0.15, -0.1) is 0 Å². The smallest absolute Gasteiger partial charge is 0.0396 e. The molecule has 0 aromatic heterocycles. The summed E-state index contributed by atoms with van der Waals surface area (Å²) in [5, 5.41) is 3.21. The van der Waals surface area contributed by atoms with Crippen molar-refractivity contribution in [2.75, 3.05) is 30.8 Å². The molecule has 1 N–H and O–H groups in total. The van der Waals surface area contributed by atoms with Crippen LogP contribution in [0, 0.1) is 6.92 Å². The molecule has 0 aliphatic carbocycles. The molecule has 0 spiro atoms. The molecule has 0 saturated carbocycles. The van der Waals surface area contributed by atoms with E-state index >= 15 is 0 Å². The van der Waals surface area contributed by atoms with Crippen LogP contribution in [0.2, 0.25) is 0 Å². The minimum Gasteiger partial charge on any atom is -0.370 e. The number of hydrogen-bond donors (Lipinski definition) is 1. The van der Waals surface area contributed by atoms with Crippen LogP contribution in [-0.4, -0.2) is 30.6 Å². The Morgan fingerprint density at radius 3 is 2.79 bits per heavy atom. The van der Waals surface area contributed by atoms with Crippen LogP contribution in [0.4, 0.5) is 5.69 Å². The highest BCUT2D eigenvalue weighted by molar-refractivity contribution is 8.00. The van der Waals surface area contributed by atoms with Gasteiger partial charge in [-0.1, -0.05) is 26.0 Å². The average molecular weight is 278 g/mol. The molecule has 0 bridgehead atoms. The second kappa shape index (κ2) is 6.19. The number of nitrogens with zero attached hydrogens (tertiary/aromatic N) is 1. The fourth-order valence-corrected chi connectivity index (χ4v) is 3.75. The third kappa shape index (κ3) is 3.90. The normalized spacial score (nSPS) is 19.3. The zero-order chi connectivity index (χ0) is 13.9. The SMILES string of the molecule is CNCc1ccc(N2CCSC(C)(C)CC2)c(C)c1. The maximum Gasteiger partial charge on any atom is 0.0396 e. The van der Waals surface area contributed by atoms with Gasteiger partial charge in [0.25, 0.3) is 0 Å². The van der Waals surface area contributed by atoms with Gasteiger partial charge in [-0.25, -0.2) is 0 Å². The molecule has 0 unspecified atom stereocenters. The Bertz CT molecular complexity index is 429. The minimum atomic E-state index is 0.425. The Morgan fingerprint density at radius 1 is 1.32 bits per heavy atom. The number of thioether (sulfide) groups is 1. The summed E-state index contributed by atoms with van der Waals surface area (Å²) in [5.41, 5.74) is 4.18. The lowest BCUT2D eigenvalue weighted by atomic mass is 10.1. The molecule has 3 heteroatoms. The standard InChI is InChI=1S/C16H26N2S/c1-13-11-14(12-17-4)5-6-15(13)18-8-7-16(2,3)19-10-9-18/h5-6,11,17H,7-10,12H2,1-4H3. The monoisotopic (exact) mass is 278 g/mol. The third-order valence-electron chi connectivity index (χ3n) is 3.82. The number of benzene rings is 1. The lowest BCUT2D eigenvalue weighted by Gasteiger charge is -2.26. The van der Waals surface area contributed by atoms with E-state index in [-0.39, 0.29) is 0 Å². The van der Waals surface area contributed by atoms with Gasteiger partial charge in [0, 0.05) is 35.8 Å². The first kappa shape index (κ1) is 14.7. The van der Waals surface area contributed by atoms with Crippen molar-refractivity contribution < 1.29 is 0 Å². The Kier molecular flexibility index (Phi) is 4.80. The maximum absolute atomic E-state index is 3.21. The molecule has 1 saturated heterocycles. The maximum atomic E-state index is 3.21. The molecule has 1 heterocycles. The zero-order valence-electron chi connectivity index (χ0n) is 12.6. The highest BCUT2D eigenvalue weighted by atomic mass is 32.2. The third-order valence-corrected chi connectivity index (χ3v) is 5.19. The quantitative estimate of drug-likeness (QED) is 0.912. The summed E-state index contributed by atoms with van der Waals surface area (Å²) < 4.78 is 0.425. The lowest BCUT2D eigenvalue weighted by molar-refractivity contribution is 0.637. The number of rotatable bonds is 3. The lowest BCUT2D eigenvalue weighted by Crippen LogP contribution is -2.27. The van der Waals surface area contributed by atoms with E-state index < -0.39 is 0 Å². The first-order valence-corrected chi connectivity index (χ1v) is 8.13. The summed E-state index contributed by atoms with van der Waals surface area (Å²) >= 11 is 2.11. The van der Waals surface area contributed by atoms with E-state index in [4.69, 9.17) is 0 Å². The van der Waals surface area contributed by atoms with Crippen LogP contribution in [0.15, 0.2) is 18.2 Å². The van der Waals surface area contributed by atoms with Crippen LogP contribution in [0.25, 0.3) is 0 Å². The molecule has 1 fully saturated rings. The predicted molar refractivity (Wildman–Crippen MR) is 87.3 cm³/mol. The fraction of sp³-hybridized carbons (Fsp3) is 0.625. The second-order valence-electron chi connectivity index (χ2n) is 6.00. The highest BCUT2D eigenvalue weighted by Crippen LogP contribution is 2.33. The van der Waals surface area contributed by atoms with E-state index in [0.29, 0.717) is 4.75 Å². The van der Waals surface area contributed by atoms with Gasteiger partial charge in [-0.05, 0) is 37.6 Å². The molecule has 1 aromatic rings. The van der Waals surface area contributed by atoms with Gasteiger partial charge in [0.15, 0.2) is 0 Å². The van der Waals surface area contributed by atoms with Crippen LogP contribution in [0.1, 0.15) is 31.4 Å². The fourth-order valence-electron chi connectivity index (χ4n) is 2.65. The molecule has 1 aromatic carbocycles. The predicted octanol–water partition coefficient (Wildman–Crippen LogP) is 3.44. The molecule has 2 rings (SSSR count). The Hall–Kier alpha value is -0.670. The van der Waals surface area contributed by atoms with Crippen molar-refractivity contribution in [3.8, 4) is 0 Å². The van der Waals surface area contributed by atoms with Crippen LogP contribution in [-0.2, 0) is 6.54 Å².